The zero-order valence-corrected chi connectivity index (χ0v) is 10.7. The number of thioether (sulfide) groups is 1. The lowest BCUT2D eigenvalue weighted by molar-refractivity contribution is -0.117. The molecule has 1 aliphatic rings. The third kappa shape index (κ3) is 2.28. The summed E-state index contributed by atoms with van der Waals surface area (Å²) < 4.78 is 0.667. The number of carbonyl (C=O) groups excluding carboxylic acids is 1. The highest BCUT2D eigenvalue weighted by atomic mass is 32.2. The quantitative estimate of drug-likeness (QED) is 0.754. The van der Waals surface area contributed by atoms with Gasteiger partial charge in [-0.25, -0.2) is 0 Å². The van der Waals surface area contributed by atoms with Crippen LogP contribution in [0.2, 0.25) is 0 Å². The minimum absolute atomic E-state index is 0.105. The van der Waals surface area contributed by atoms with E-state index in [0.717, 1.165) is 17.9 Å². The van der Waals surface area contributed by atoms with Crippen LogP contribution in [0.4, 0.5) is 5.69 Å². The number of thiocarbonyl (C=S) groups is 1. The van der Waals surface area contributed by atoms with Crippen LogP contribution in [0.15, 0.2) is 24.3 Å². The van der Waals surface area contributed by atoms with E-state index in [1.165, 1.54) is 5.56 Å². The molecule has 1 fully saturated rings. The van der Waals surface area contributed by atoms with Crippen LogP contribution in [-0.2, 0) is 11.2 Å². The van der Waals surface area contributed by atoms with Gasteiger partial charge in [0.1, 0.15) is 4.32 Å². The van der Waals surface area contributed by atoms with Gasteiger partial charge in [0.2, 0.25) is 5.91 Å². The molecule has 1 amide bonds. The molecule has 0 unspecified atom stereocenters. The Bertz CT molecular complexity index is 398. The van der Waals surface area contributed by atoms with Gasteiger partial charge < -0.3 is 0 Å². The van der Waals surface area contributed by atoms with Gasteiger partial charge in [-0.1, -0.05) is 43.0 Å². The molecular formula is C12H13NOS2. The number of rotatable bonds is 2. The Morgan fingerprint density at radius 2 is 2.06 bits per heavy atom. The molecule has 0 radical (unpaired) electrons. The van der Waals surface area contributed by atoms with E-state index >= 15 is 0 Å². The zero-order chi connectivity index (χ0) is 11.5. The van der Waals surface area contributed by atoms with Crippen molar-refractivity contribution in [1.82, 2.24) is 0 Å². The molecule has 1 heterocycles. The molecule has 0 saturated carbocycles. The van der Waals surface area contributed by atoms with Crippen molar-refractivity contribution in [2.45, 2.75) is 19.8 Å². The third-order valence-electron chi connectivity index (χ3n) is 2.58. The molecule has 1 aromatic rings. The fourth-order valence-corrected chi connectivity index (χ4v) is 2.88. The summed E-state index contributed by atoms with van der Waals surface area (Å²) in [5.74, 6) is 0.911. The zero-order valence-electron chi connectivity index (χ0n) is 9.10. The predicted molar refractivity (Wildman–Crippen MR) is 73.0 cm³/mol. The van der Waals surface area contributed by atoms with Crippen molar-refractivity contribution in [3.05, 3.63) is 29.8 Å². The third-order valence-corrected chi connectivity index (χ3v) is 3.95. The molecule has 0 aromatic heterocycles. The maximum absolute atomic E-state index is 11.8. The maximum Gasteiger partial charge on any atom is 0.233 e. The van der Waals surface area contributed by atoms with Crippen molar-refractivity contribution in [1.29, 1.82) is 0 Å². The van der Waals surface area contributed by atoms with E-state index in [4.69, 9.17) is 12.2 Å². The number of benzene rings is 1. The molecule has 2 nitrogen and oxygen atoms in total. The SMILES string of the molecule is CCc1ccc(N2C(=O)CCSC2=S)cc1. The Morgan fingerprint density at radius 1 is 1.38 bits per heavy atom. The van der Waals surface area contributed by atoms with Crippen LogP contribution in [0.1, 0.15) is 18.9 Å². The topological polar surface area (TPSA) is 20.3 Å². The minimum Gasteiger partial charge on any atom is -0.274 e. The predicted octanol–water partition coefficient (Wildman–Crippen LogP) is 3.00. The van der Waals surface area contributed by atoms with Crippen LogP contribution in [0.3, 0.4) is 0 Å². The van der Waals surface area contributed by atoms with Crippen molar-refractivity contribution in [2.75, 3.05) is 10.7 Å². The largest absolute Gasteiger partial charge is 0.274 e. The van der Waals surface area contributed by atoms with Gasteiger partial charge >= 0.3 is 0 Å². The summed E-state index contributed by atoms with van der Waals surface area (Å²) in [5, 5.41) is 0. The summed E-state index contributed by atoms with van der Waals surface area (Å²) in [4.78, 5) is 13.4. The maximum atomic E-state index is 11.8. The Hall–Kier alpha value is -0.870. The van der Waals surface area contributed by atoms with E-state index in [2.05, 4.69) is 6.92 Å². The van der Waals surface area contributed by atoms with Crippen LogP contribution < -0.4 is 4.90 Å². The molecule has 84 valence electrons. The first-order valence-corrected chi connectivity index (χ1v) is 6.70. The van der Waals surface area contributed by atoms with Gasteiger partial charge in [-0.15, -0.1) is 0 Å². The lowest BCUT2D eigenvalue weighted by Gasteiger charge is -2.26. The first-order chi connectivity index (χ1) is 7.72. The van der Waals surface area contributed by atoms with Crippen molar-refractivity contribution >= 4 is 39.9 Å². The van der Waals surface area contributed by atoms with Crippen LogP contribution in [-0.4, -0.2) is 16.0 Å². The number of hydrogen-bond donors (Lipinski definition) is 0. The summed E-state index contributed by atoms with van der Waals surface area (Å²) in [5.41, 5.74) is 2.16. The fourth-order valence-electron chi connectivity index (χ4n) is 1.63. The molecule has 16 heavy (non-hydrogen) atoms. The summed E-state index contributed by atoms with van der Waals surface area (Å²) in [6.07, 6.45) is 1.58. The summed E-state index contributed by atoms with van der Waals surface area (Å²) in [6, 6.07) is 8.03. The van der Waals surface area contributed by atoms with Gasteiger partial charge in [0.15, 0.2) is 0 Å². The summed E-state index contributed by atoms with van der Waals surface area (Å²) >= 11 is 6.79. The van der Waals surface area contributed by atoms with E-state index in [0.29, 0.717) is 10.7 Å². The van der Waals surface area contributed by atoms with Crippen molar-refractivity contribution in [3.63, 3.8) is 0 Å². The van der Waals surface area contributed by atoms with E-state index in [-0.39, 0.29) is 5.91 Å². The molecular weight excluding hydrogens is 238 g/mol. The van der Waals surface area contributed by atoms with Crippen molar-refractivity contribution in [2.24, 2.45) is 0 Å². The van der Waals surface area contributed by atoms with Gasteiger partial charge in [0.25, 0.3) is 0 Å². The molecule has 0 spiro atoms. The Morgan fingerprint density at radius 3 is 2.62 bits per heavy atom. The van der Waals surface area contributed by atoms with Gasteiger partial charge in [-0.3, -0.25) is 9.69 Å². The monoisotopic (exact) mass is 251 g/mol. The van der Waals surface area contributed by atoms with E-state index < -0.39 is 0 Å². The molecule has 2 rings (SSSR count). The highest BCUT2D eigenvalue weighted by molar-refractivity contribution is 8.23. The Labute approximate surface area is 105 Å². The van der Waals surface area contributed by atoms with E-state index in [1.807, 2.05) is 24.3 Å². The number of amides is 1. The number of hydrogen-bond acceptors (Lipinski definition) is 3. The van der Waals surface area contributed by atoms with Crippen molar-refractivity contribution in [3.8, 4) is 0 Å². The van der Waals surface area contributed by atoms with Crippen LogP contribution in [0, 0.1) is 0 Å². The van der Waals surface area contributed by atoms with E-state index in [1.54, 1.807) is 16.7 Å². The molecule has 0 aliphatic carbocycles. The van der Waals surface area contributed by atoms with Crippen LogP contribution in [0.25, 0.3) is 0 Å². The molecule has 0 bridgehead atoms. The van der Waals surface area contributed by atoms with Gasteiger partial charge in [0.05, 0.1) is 5.69 Å². The average Bonchev–Trinajstić information content (AvgIpc) is 2.30. The lowest BCUT2D eigenvalue weighted by Crippen LogP contribution is -2.37. The molecule has 1 aliphatic heterocycles. The minimum atomic E-state index is 0.105. The second-order valence-electron chi connectivity index (χ2n) is 3.61. The number of carbonyl (C=O) groups is 1. The molecule has 1 aromatic carbocycles. The molecule has 0 atom stereocenters. The Kier molecular flexibility index (Phi) is 3.61. The second kappa shape index (κ2) is 4.97. The van der Waals surface area contributed by atoms with Gasteiger partial charge in [-0.2, -0.15) is 0 Å². The summed E-state index contributed by atoms with van der Waals surface area (Å²) in [6.45, 7) is 2.11. The molecule has 0 N–H and O–H groups in total. The average molecular weight is 251 g/mol. The smallest absolute Gasteiger partial charge is 0.233 e. The fraction of sp³-hybridized carbons (Fsp3) is 0.333. The second-order valence-corrected chi connectivity index (χ2v) is 5.34. The highest BCUT2D eigenvalue weighted by Gasteiger charge is 2.24. The van der Waals surface area contributed by atoms with E-state index in [9.17, 15) is 4.79 Å². The molecule has 1 saturated heterocycles. The lowest BCUT2D eigenvalue weighted by atomic mass is 10.1. The first-order valence-electron chi connectivity index (χ1n) is 5.31. The number of anilines is 1. The number of aryl methyl sites for hydroxylation is 1. The standard InChI is InChI=1S/C12H13NOS2/c1-2-9-3-5-10(6-4-9)13-11(14)7-8-16-12(13)15/h3-6H,2,7-8H2,1H3. The van der Waals surface area contributed by atoms with Crippen molar-refractivity contribution < 1.29 is 4.79 Å². The molecule has 4 heteroatoms. The van der Waals surface area contributed by atoms with Gasteiger partial charge in [-0.05, 0) is 24.1 Å². The number of nitrogens with zero attached hydrogens (tertiary/aromatic N) is 1. The normalized spacial score (nSPS) is 16.7. The summed E-state index contributed by atoms with van der Waals surface area (Å²) in [7, 11) is 0. The highest BCUT2D eigenvalue weighted by Crippen LogP contribution is 2.26. The Balaban J connectivity index is 2.27. The van der Waals surface area contributed by atoms with Crippen LogP contribution in [0.5, 0.6) is 0 Å². The van der Waals surface area contributed by atoms with Gasteiger partial charge in [0, 0.05) is 12.2 Å². The van der Waals surface area contributed by atoms with Crippen LogP contribution >= 0.6 is 24.0 Å². The first kappa shape index (κ1) is 11.6.